The Morgan fingerprint density at radius 3 is 2.76 bits per heavy atom. The molecule has 100 valence electrons. The van der Waals surface area contributed by atoms with Gasteiger partial charge in [0.1, 0.15) is 6.04 Å². The fraction of sp³-hybridized carbons (Fsp3) is 0.818. The number of amidine groups is 1. The molecule has 0 fully saturated rings. The molecule has 1 atom stereocenters. The Kier molecular flexibility index (Phi) is 9.95. The van der Waals surface area contributed by atoms with Crippen LogP contribution in [0.25, 0.3) is 0 Å². The molecule has 0 aromatic carbocycles. The Hall–Kier alpha value is -0.750. The smallest absolute Gasteiger partial charge is 0.320 e. The van der Waals surface area contributed by atoms with Crippen LogP contribution in [0, 0.1) is 5.41 Å². The molecule has 6 heteroatoms. The zero-order valence-corrected chi connectivity index (χ0v) is 11.2. The summed E-state index contributed by atoms with van der Waals surface area (Å²) in [4.78, 5) is 10.4. The summed E-state index contributed by atoms with van der Waals surface area (Å²) in [6.07, 6.45) is 6.00. The third-order valence-electron chi connectivity index (χ3n) is 2.37. The van der Waals surface area contributed by atoms with Crippen LogP contribution in [0.4, 0.5) is 0 Å². The van der Waals surface area contributed by atoms with Crippen molar-refractivity contribution in [2.24, 2.45) is 5.73 Å². The number of nitrogens with two attached hydrogens (primary N) is 1. The van der Waals surface area contributed by atoms with Crippen molar-refractivity contribution in [3.63, 3.8) is 0 Å². The van der Waals surface area contributed by atoms with E-state index >= 15 is 0 Å². The molecule has 0 aromatic rings. The van der Waals surface area contributed by atoms with Crippen molar-refractivity contribution in [2.45, 2.75) is 38.1 Å². The number of unbranched alkanes of at least 4 members (excludes halogenated alkanes) is 1. The Labute approximate surface area is 107 Å². The average molecular weight is 261 g/mol. The van der Waals surface area contributed by atoms with E-state index in [0.29, 0.717) is 12.3 Å². The van der Waals surface area contributed by atoms with Crippen molar-refractivity contribution < 1.29 is 9.90 Å². The summed E-state index contributed by atoms with van der Waals surface area (Å²) in [5, 5.41) is 19.2. The molecule has 0 unspecified atom stereocenters. The van der Waals surface area contributed by atoms with Gasteiger partial charge < -0.3 is 16.2 Å². The van der Waals surface area contributed by atoms with E-state index in [-0.39, 0.29) is 0 Å². The van der Waals surface area contributed by atoms with Crippen LogP contribution >= 0.6 is 11.8 Å². The van der Waals surface area contributed by atoms with E-state index in [0.717, 1.165) is 38.0 Å². The van der Waals surface area contributed by atoms with E-state index in [1.165, 1.54) is 0 Å². The van der Waals surface area contributed by atoms with E-state index in [9.17, 15) is 4.79 Å². The van der Waals surface area contributed by atoms with Crippen LogP contribution < -0.4 is 11.1 Å². The fourth-order valence-corrected chi connectivity index (χ4v) is 1.77. The number of nitrogens with one attached hydrogen (secondary N) is 2. The van der Waals surface area contributed by atoms with Crippen LogP contribution in [-0.2, 0) is 4.79 Å². The highest BCUT2D eigenvalue weighted by atomic mass is 32.2. The highest BCUT2D eigenvalue weighted by molar-refractivity contribution is 7.98. The number of hydrogen-bond acceptors (Lipinski definition) is 4. The van der Waals surface area contributed by atoms with Gasteiger partial charge in [0.2, 0.25) is 0 Å². The SMILES string of the molecule is CSCCCC(=N)NCCCC[C@H](N)C(=O)O. The van der Waals surface area contributed by atoms with Crippen LogP contribution in [0.1, 0.15) is 32.1 Å². The van der Waals surface area contributed by atoms with Gasteiger partial charge in [0.25, 0.3) is 0 Å². The normalized spacial score (nSPS) is 12.1. The molecule has 0 aromatic heterocycles. The van der Waals surface area contributed by atoms with Crippen molar-refractivity contribution in [1.29, 1.82) is 5.41 Å². The lowest BCUT2D eigenvalue weighted by atomic mass is 10.1. The molecule has 0 saturated carbocycles. The van der Waals surface area contributed by atoms with E-state index in [1.807, 2.05) is 0 Å². The molecule has 0 aliphatic rings. The molecule has 0 radical (unpaired) electrons. The Balaban J connectivity index is 3.33. The second kappa shape index (κ2) is 10.4. The predicted molar refractivity (Wildman–Crippen MR) is 72.8 cm³/mol. The summed E-state index contributed by atoms with van der Waals surface area (Å²) >= 11 is 1.79. The molecular weight excluding hydrogens is 238 g/mol. The highest BCUT2D eigenvalue weighted by Crippen LogP contribution is 2.00. The molecule has 17 heavy (non-hydrogen) atoms. The molecule has 5 N–H and O–H groups in total. The zero-order chi connectivity index (χ0) is 13.1. The van der Waals surface area contributed by atoms with Gasteiger partial charge in [-0.05, 0) is 37.7 Å². The number of thioether (sulfide) groups is 1. The Bertz CT molecular complexity index is 237. The minimum absolute atomic E-state index is 0.497. The van der Waals surface area contributed by atoms with Gasteiger partial charge in [0.05, 0.1) is 5.84 Å². The first kappa shape index (κ1) is 16.2. The summed E-state index contributed by atoms with van der Waals surface area (Å²) in [6.45, 7) is 0.727. The van der Waals surface area contributed by atoms with Gasteiger partial charge in [-0.1, -0.05) is 0 Å². The van der Waals surface area contributed by atoms with E-state index in [4.69, 9.17) is 16.2 Å². The number of carbonyl (C=O) groups is 1. The second-order valence-corrected chi connectivity index (χ2v) is 4.93. The molecule has 0 amide bonds. The molecule has 0 rings (SSSR count). The second-order valence-electron chi connectivity index (χ2n) is 3.94. The fourth-order valence-electron chi connectivity index (χ4n) is 1.33. The molecule has 0 heterocycles. The number of aliphatic carboxylic acids is 1. The summed E-state index contributed by atoms with van der Waals surface area (Å²) in [7, 11) is 0. The number of carboxylic acid groups (broad SMARTS) is 1. The largest absolute Gasteiger partial charge is 0.480 e. The van der Waals surface area contributed by atoms with E-state index < -0.39 is 12.0 Å². The first-order valence-electron chi connectivity index (χ1n) is 5.86. The Morgan fingerprint density at radius 2 is 2.18 bits per heavy atom. The monoisotopic (exact) mass is 261 g/mol. The van der Waals surface area contributed by atoms with Gasteiger partial charge in [0.15, 0.2) is 0 Å². The van der Waals surface area contributed by atoms with E-state index in [2.05, 4.69) is 11.6 Å². The van der Waals surface area contributed by atoms with Gasteiger partial charge in [-0.2, -0.15) is 11.8 Å². The van der Waals surface area contributed by atoms with Crippen molar-refractivity contribution in [3.8, 4) is 0 Å². The van der Waals surface area contributed by atoms with Gasteiger partial charge in [-0.15, -0.1) is 0 Å². The van der Waals surface area contributed by atoms with Crippen molar-refractivity contribution in [2.75, 3.05) is 18.6 Å². The van der Waals surface area contributed by atoms with Gasteiger partial charge in [-0.3, -0.25) is 10.2 Å². The molecule has 5 nitrogen and oxygen atoms in total. The Morgan fingerprint density at radius 1 is 1.47 bits per heavy atom. The van der Waals surface area contributed by atoms with Crippen molar-refractivity contribution >= 4 is 23.6 Å². The van der Waals surface area contributed by atoms with Crippen molar-refractivity contribution in [1.82, 2.24) is 5.32 Å². The lowest BCUT2D eigenvalue weighted by molar-refractivity contribution is -0.138. The molecule has 0 saturated heterocycles. The molecule has 0 aliphatic carbocycles. The standard InChI is InChI=1S/C11H23N3O2S/c1-17-8-4-6-10(13)14-7-3-2-5-9(12)11(15)16/h9H,2-8,12H2,1H3,(H2,13,14)(H,15,16)/t9-/m0/s1. The maximum absolute atomic E-state index is 10.4. The summed E-state index contributed by atoms with van der Waals surface area (Å²) in [5.41, 5.74) is 5.38. The zero-order valence-electron chi connectivity index (χ0n) is 10.4. The molecular formula is C11H23N3O2S. The summed E-state index contributed by atoms with van der Waals surface area (Å²) < 4.78 is 0. The van der Waals surface area contributed by atoms with Crippen LogP contribution in [0.3, 0.4) is 0 Å². The van der Waals surface area contributed by atoms with Gasteiger partial charge in [0, 0.05) is 13.0 Å². The van der Waals surface area contributed by atoms with E-state index in [1.54, 1.807) is 11.8 Å². The molecule has 0 aliphatic heterocycles. The quantitative estimate of drug-likeness (QED) is 0.270. The summed E-state index contributed by atoms with van der Waals surface area (Å²) in [6, 6.07) is -0.754. The predicted octanol–water partition coefficient (Wildman–Crippen LogP) is 1.28. The molecule has 0 spiro atoms. The van der Waals surface area contributed by atoms with Crippen LogP contribution in [-0.4, -0.2) is 41.5 Å². The minimum atomic E-state index is -0.942. The third kappa shape index (κ3) is 10.1. The highest BCUT2D eigenvalue weighted by Gasteiger charge is 2.09. The number of rotatable bonds is 10. The maximum atomic E-state index is 10.4. The maximum Gasteiger partial charge on any atom is 0.320 e. The average Bonchev–Trinajstić information content (AvgIpc) is 2.28. The van der Waals surface area contributed by atoms with Crippen LogP contribution in [0.2, 0.25) is 0 Å². The lowest BCUT2D eigenvalue weighted by Gasteiger charge is -2.08. The number of carboxylic acids is 1. The van der Waals surface area contributed by atoms with Crippen LogP contribution in [0.5, 0.6) is 0 Å². The van der Waals surface area contributed by atoms with Gasteiger partial charge >= 0.3 is 5.97 Å². The van der Waals surface area contributed by atoms with Crippen molar-refractivity contribution in [3.05, 3.63) is 0 Å². The number of hydrogen-bond donors (Lipinski definition) is 4. The first-order valence-corrected chi connectivity index (χ1v) is 7.26. The minimum Gasteiger partial charge on any atom is -0.480 e. The lowest BCUT2D eigenvalue weighted by Crippen LogP contribution is -2.30. The summed E-state index contributed by atoms with van der Waals surface area (Å²) in [5.74, 6) is 0.710. The molecule has 0 bridgehead atoms. The topological polar surface area (TPSA) is 99.2 Å². The first-order chi connectivity index (χ1) is 8.07. The van der Waals surface area contributed by atoms with Gasteiger partial charge in [-0.25, -0.2) is 0 Å². The van der Waals surface area contributed by atoms with Crippen LogP contribution in [0.15, 0.2) is 0 Å². The third-order valence-corrected chi connectivity index (χ3v) is 3.07.